The summed E-state index contributed by atoms with van der Waals surface area (Å²) < 4.78 is 2.07. The molecular weight excluding hydrogens is 439 g/mol. The quantitative estimate of drug-likeness (QED) is 0.370. The highest BCUT2D eigenvalue weighted by atomic mass is 35.5. The van der Waals surface area contributed by atoms with Gasteiger partial charge in [0.05, 0.1) is 38.8 Å². The number of nitrogens with zero attached hydrogens (tertiary/aromatic N) is 4. The second-order valence-corrected chi connectivity index (χ2v) is 10.9. The molecular formula is C25H24ClN4OP. The minimum Gasteiger partial charge on any atom is -0.331 e. The van der Waals surface area contributed by atoms with Crippen molar-refractivity contribution in [3.05, 3.63) is 71.1 Å². The van der Waals surface area contributed by atoms with Crippen LogP contribution in [0.25, 0.3) is 27.8 Å². The third-order valence-corrected chi connectivity index (χ3v) is 7.62. The topological polar surface area (TPSA) is 51.0 Å². The van der Waals surface area contributed by atoms with Gasteiger partial charge in [-0.2, -0.15) is 0 Å². The van der Waals surface area contributed by atoms with E-state index in [4.69, 9.17) is 16.6 Å². The summed E-state index contributed by atoms with van der Waals surface area (Å²) in [5, 5.41) is 0.539. The maximum Gasteiger partial charge on any atom is 0.256 e. The van der Waals surface area contributed by atoms with Gasteiger partial charge < -0.3 is 4.90 Å². The van der Waals surface area contributed by atoms with Crippen molar-refractivity contribution in [2.45, 2.75) is 19.4 Å². The molecule has 4 aromatic rings. The third-order valence-electron chi connectivity index (χ3n) is 6.13. The van der Waals surface area contributed by atoms with Gasteiger partial charge in [0.1, 0.15) is 5.82 Å². The lowest BCUT2D eigenvalue weighted by Crippen LogP contribution is -2.30. The predicted octanol–water partition coefficient (Wildman–Crippen LogP) is 5.64. The van der Waals surface area contributed by atoms with Crippen LogP contribution < -0.4 is 5.44 Å². The lowest BCUT2D eigenvalue weighted by Gasteiger charge is -2.24. The van der Waals surface area contributed by atoms with Crippen LogP contribution in [0.3, 0.4) is 0 Å². The van der Waals surface area contributed by atoms with Crippen LogP contribution in [0, 0.1) is 0 Å². The van der Waals surface area contributed by atoms with Crippen LogP contribution >= 0.6 is 19.5 Å². The maximum absolute atomic E-state index is 13.3. The first-order valence-corrected chi connectivity index (χ1v) is 13.2. The lowest BCUT2D eigenvalue weighted by molar-refractivity contribution is 0.0726. The summed E-state index contributed by atoms with van der Waals surface area (Å²) in [4.78, 5) is 24.6. The van der Waals surface area contributed by atoms with Crippen molar-refractivity contribution in [1.82, 2.24) is 19.4 Å². The molecule has 32 heavy (non-hydrogen) atoms. The molecule has 7 heteroatoms. The van der Waals surface area contributed by atoms with Gasteiger partial charge in [0.15, 0.2) is 0 Å². The van der Waals surface area contributed by atoms with Gasteiger partial charge >= 0.3 is 0 Å². The number of carbonyl (C=O) groups is 1. The largest absolute Gasteiger partial charge is 0.331 e. The summed E-state index contributed by atoms with van der Waals surface area (Å²) in [6, 6.07) is 15.8. The maximum atomic E-state index is 13.3. The van der Waals surface area contributed by atoms with E-state index in [1.807, 2.05) is 37.5 Å². The fourth-order valence-electron chi connectivity index (χ4n) is 4.43. The Morgan fingerprint density at radius 2 is 1.88 bits per heavy atom. The predicted molar refractivity (Wildman–Crippen MR) is 133 cm³/mol. The lowest BCUT2D eigenvalue weighted by atomic mass is 10.1. The van der Waals surface area contributed by atoms with E-state index in [0.717, 1.165) is 39.8 Å². The molecule has 0 radical (unpaired) electrons. The zero-order chi connectivity index (χ0) is 22.6. The summed E-state index contributed by atoms with van der Waals surface area (Å²) in [6.07, 6.45) is 2.69. The SMILES string of the molecule is CCC1c2nc3ccc(-c4ccc(P(C)C)nc4)cc3n2-c2c(Cl)cccc2C(=O)N1C. The van der Waals surface area contributed by atoms with Gasteiger partial charge in [-0.25, -0.2) is 4.98 Å². The Balaban J connectivity index is 1.78. The summed E-state index contributed by atoms with van der Waals surface area (Å²) in [5.74, 6) is 0.790. The molecule has 0 bridgehead atoms. The number of rotatable bonds is 3. The minimum absolute atomic E-state index is 0.0421. The zero-order valence-electron chi connectivity index (χ0n) is 18.5. The summed E-state index contributed by atoms with van der Waals surface area (Å²) in [7, 11) is 1.61. The Morgan fingerprint density at radius 1 is 1.09 bits per heavy atom. The highest BCUT2D eigenvalue weighted by Gasteiger charge is 2.34. The smallest absolute Gasteiger partial charge is 0.256 e. The fourth-order valence-corrected chi connectivity index (χ4v) is 5.35. The van der Waals surface area contributed by atoms with E-state index in [1.54, 1.807) is 4.90 Å². The molecule has 3 heterocycles. The molecule has 0 aliphatic carbocycles. The van der Waals surface area contributed by atoms with Crippen LogP contribution in [0.1, 0.15) is 35.6 Å². The second-order valence-electron chi connectivity index (χ2n) is 8.28. The Bertz CT molecular complexity index is 1350. The molecule has 1 aliphatic heterocycles. The number of fused-ring (bicyclic) bond motifs is 5. The molecule has 0 fully saturated rings. The highest BCUT2D eigenvalue weighted by Crippen LogP contribution is 2.39. The number of imidazole rings is 1. The first kappa shape index (κ1) is 21.1. The summed E-state index contributed by atoms with van der Waals surface area (Å²) in [6.45, 7) is 6.48. The number of pyridine rings is 1. The van der Waals surface area contributed by atoms with Crippen molar-refractivity contribution in [3.8, 4) is 16.8 Å². The molecule has 0 spiro atoms. The van der Waals surface area contributed by atoms with Crippen LogP contribution in [-0.2, 0) is 0 Å². The number of para-hydroxylation sites is 1. The van der Waals surface area contributed by atoms with Crippen molar-refractivity contribution in [3.63, 3.8) is 0 Å². The Hall–Kier alpha value is -2.75. The Morgan fingerprint density at radius 3 is 2.56 bits per heavy atom. The summed E-state index contributed by atoms with van der Waals surface area (Å²) in [5.41, 5.74) is 6.35. The second kappa shape index (κ2) is 7.99. The molecule has 1 atom stereocenters. The van der Waals surface area contributed by atoms with Crippen LogP contribution in [-0.4, -0.2) is 45.7 Å². The molecule has 2 aromatic heterocycles. The molecule has 0 saturated carbocycles. The van der Waals surface area contributed by atoms with E-state index in [2.05, 4.69) is 54.1 Å². The monoisotopic (exact) mass is 462 g/mol. The van der Waals surface area contributed by atoms with Crippen LogP contribution in [0.15, 0.2) is 54.7 Å². The molecule has 0 saturated heterocycles. The van der Waals surface area contributed by atoms with Gasteiger partial charge in [-0.15, -0.1) is 0 Å². The van der Waals surface area contributed by atoms with Crippen molar-refractivity contribution < 1.29 is 4.79 Å². The number of hydrogen-bond donors (Lipinski definition) is 0. The van der Waals surface area contributed by atoms with E-state index < -0.39 is 0 Å². The van der Waals surface area contributed by atoms with Gasteiger partial charge in [0.25, 0.3) is 5.91 Å². The number of aromatic nitrogens is 3. The average molecular weight is 463 g/mol. The average Bonchev–Trinajstić information content (AvgIpc) is 3.12. The van der Waals surface area contributed by atoms with Crippen molar-refractivity contribution >= 4 is 41.9 Å². The first-order chi connectivity index (χ1) is 15.4. The highest BCUT2D eigenvalue weighted by molar-refractivity contribution is 7.63. The van der Waals surface area contributed by atoms with Crippen LogP contribution in [0.2, 0.25) is 5.02 Å². The van der Waals surface area contributed by atoms with Gasteiger partial charge in [-0.05, 0) is 55.6 Å². The molecule has 162 valence electrons. The summed E-state index contributed by atoms with van der Waals surface area (Å²) >= 11 is 6.68. The van der Waals surface area contributed by atoms with Crippen LogP contribution in [0.4, 0.5) is 0 Å². The minimum atomic E-state index is -0.232. The van der Waals surface area contributed by atoms with Crippen molar-refractivity contribution in [2.24, 2.45) is 0 Å². The van der Waals surface area contributed by atoms with E-state index in [-0.39, 0.29) is 19.9 Å². The Kier molecular flexibility index (Phi) is 5.27. The van der Waals surface area contributed by atoms with E-state index in [1.165, 1.54) is 0 Å². The van der Waals surface area contributed by atoms with Crippen LogP contribution in [0.5, 0.6) is 0 Å². The Labute approximate surface area is 193 Å². The zero-order valence-corrected chi connectivity index (χ0v) is 20.2. The van der Waals surface area contributed by atoms with Gasteiger partial charge in [-0.3, -0.25) is 14.3 Å². The van der Waals surface area contributed by atoms with Crippen molar-refractivity contribution in [2.75, 3.05) is 20.4 Å². The molecule has 5 nitrogen and oxygen atoms in total. The molecule has 5 rings (SSSR count). The van der Waals surface area contributed by atoms with E-state index >= 15 is 0 Å². The number of carbonyl (C=O) groups excluding carboxylic acids is 1. The number of benzene rings is 2. The molecule has 1 amide bonds. The molecule has 1 aliphatic rings. The first-order valence-electron chi connectivity index (χ1n) is 10.6. The molecule has 0 N–H and O–H groups in total. The van der Waals surface area contributed by atoms with Crippen molar-refractivity contribution in [1.29, 1.82) is 0 Å². The normalized spacial score (nSPS) is 15.8. The molecule has 1 unspecified atom stereocenters. The third kappa shape index (κ3) is 3.23. The number of hydrogen-bond acceptors (Lipinski definition) is 3. The number of halogens is 1. The van der Waals surface area contributed by atoms with Gasteiger partial charge in [0.2, 0.25) is 0 Å². The molecule has 2 aromatic carbocycles. The van der Waals surface area contributed by atoms with E-state index in [9.17, 15) is 4.79 Å². The van der Waals surface area contributed by atoms with Gasteiger partial charge in [-0.1, -0.05) is 44.6 Å². The fraction of sp³-hybridized carbons (Fsp3) is 0.240. The van der Waals surface area contributed by atoms with E-state index in [0.29, 0.717) is 16.3 Å². The number of amides is 1. The standard InChI is InChI=1S/C25H24ClN4OP/c1-5-20-24-28-19-11-9-15(16-10-12-22(27-14-16)32(3)4)13-21(19)30(24)23-17(25(31)29(20)2)7-6-8-18(23)26/h6-14,20H,5H2,1-4H3. The van der Waals surface area contributed by atoms with Gasteiger partial charge in [0, 0.05) is 18.8 Å².